The number of furan rings is 1. The van der Waals surface area contributed by atoms with Crippen LogP contribution in [0.3, 0.4) is 0 Å². The number of esters is 1. The highest BCUT2D eigenvalue weighted by molar-refractivity contribution is 7.13. The van der Waals surface area contributed by atoms with Crippen molar-refractivity contribution in [1.29, 1.82) is 0 Å². The highest BCUT2D eigenvalue weighted by Gasteiger charge is 2.21. The van der Waals surface area contributed by atoms with E-state index >= 15 is 0 Å². The molecule has 0 saturated heterocycles. The predicted molar refractivity (Wildman–Crippen MR) is 108 cm³/mol. The Morgan fingerprint density at radius 1 is 1.33 bits per heavy atom. The van der Waals surface area contributed by atoms with Gasteiger partial charge in [0.1, 0.15) is 17.3 Å². The van der Waals surface area contributed by atoms with Crippen molar-refractivity contribution in [2.45, 2.75) is 13.5 Å². The van der Waals surface area contributed by atoms with Crippen LogP contribution < -0.4 is 0 Å². The number of aromatic nitrogens is 5. The second kappa shape index (κ2) is 7.23. The Morgan fingerprint density at radius 3 is 3.00 bits per heavy atom. The average Bonchev–Trinajstić information content (AvgIpc) is 3.53. The molecule has 0 fully saturated rings. The van der Waals surface area contributed by atoms with Crippen LogP contribution in [0.25, 0.3) is 33.1 Å². The molecule has 5 heterocycles. The lowest BCUT2D eigenvalue weighted by atomic mass is 10.1. The van der Waals surface area contributed by atoms with Crippen LogP contribution >= 0.6 is 11.3 Å². The first-order valence-corrected chi connectivity index (χ1v) is 9.88. The van der Waals surface area contributed by atoms with Crippen LogP contribution in [0.4, 0.5) is 0 Å². The van der Waals surface area contributed by atoms with Gasteiger partial charge in [0.25, 0.3) is 5.71 Å². The summed E-state index contributed by atoms with van der Waals surface area (Å²) in [6.07, 6.45) is 5.16. The van der Waals surface area contributed by atoms with Gasteiger partial charge in [-0.2, -0.15) is 5.10 Å². The molecule has 5 aromatic rings. The van der Waals surface area contributed by atoms with Crippen LogP contribution in [0.15, 0.2) is 51.2 Å². The van der Waals surface area contributed by atoms with Gasteiger partial charge in [0.15, 0.2) is 5.76 Å². The van der Waals surface area contributed by atoms with E-state index in [4.69, 9.17) is 13.7 Å². The first-order chi connectivity index (χ1) is 14.6. The first-order valence-electron chi connectivity index (χ1n) is 9.00. The van der Waals surface area contributed by atoms with Crippen molar-refractivity contribution in [3.8, 4) is 22.0 Å². The van der Waals surface area contributed by atoms with Gasteiger partial charge < -0.3 is 13.7 Å². The summed E-state index contributed by atoms with van der Waals surface area (Å²) in [4.78, 5) is 21.8. The van der Waals surface area contributed by atoms with Crippen LogP contribution in [-0.2, 0) is 18.4 Å². The predicted octanol–water partition coefficient (Wildman–Crippen LogP) is 4.01. The molecule has 5 rings (SSSR count). The summed E-state index contributed by atoms with van der Waals surface area (Å²) in [6.45, 7) is 1.79. The third-order valence-corrected chi connectivity index (χ3v) is 5.41. The number of rotatable bonds is 5. The maximum Gasteiger partial charge on any atom is 0.339 e. The standard InChI is InChI=1S/C20H15N5O4S/c1-11-17-14(6-15(16-4-3-5-27-16)23-18(17)29-24-11)20(26)28-9-13-10-30-19(22-13)12-7-21-25(2)8-12/h3-8,10H,9H2,1-2H3. The quantitative estimate of drug-likeness (QED) is 0.392. The summed E-state index contributed by atoms with van der Waals surface area (Å²) >= 11 is 1.47. The molecule has 0 bridgehead atoms. The Morgan fingerprint density at radius 2 is 2.23 bits per heavy atom. The molecule has 0 aliphatic carbocycles. The van der Waals surface area contributed by atoms with E-state index in [9.17, 15) is 4.79 Å². The lowest BCUT2D eigenvalue weighted by Crippen LogP contribution is -2.07. The summed E-state index contributed by atoms with van der Waals surface area (Å²) in [5.74, 6) is -0.00181. The fourth-order valence-electron chi connectivity index (χ4n) is 3.06. The van der Waals surface area contributed by atoms with Gasteiger partial charge >= 0.3 is 5.97 Å². The molecule has 0 aromatic carbocycles. The lowest BCUT2D eigenvalue weighted by molar-refractivity contribution is 0.0470. The van der Waals surface area contributed by atoms with Gasteiger partial charge in [0.05, 0.1) is 34.8 Å². The number of aryl methyl sites for hydroxylation is 2. The molecule has 9 nitrogen and oxygen atoms in total. The molecule has 0 aliphatic heterocycles. The zero-order chi connectivity index (χ0) is 20.7. The van der Waals surface area contributed by atoms with E-state index in [0.29, 0.717) is 33.8 Å². The molecule has 0 unspecified atom stereocenters. The molecular weight excluding hydrogens is 406 g/mol. The van der Waals surface area contributed by atoms with Crippen molar-refractivity contribution in [2.24, 2.45) is 7.05 Å². The van der Waals surface area contributed by atoms with E-state index < -0.39 is 5.97 Å². The maximum absolute atomic E-state index is 12.9. The largest absolute Gasteiger partial charge is 0.463 e. The second-order valence-electron chi connectivity index (χ2n) is 6.60. The van der Waals surface area contributed by atoms with Gasteiger partial charge in [-0.25, -0.2) is 14.8 Å². The van der Waals surface area contributed by atoms with Gasteiger partial charge in [-0.05, 0) is 25.1 Å². The zero-order valence-electron chi connectivity index (χ0n) is 16.0. The van der Waals surface area contributed by atoms with Crippen LogP contribution in [0.1, 0.15) is 21.7 Å². The van der Waals surface area contributed by atoms with E-state index in [0.717, 1.165) is 10.6 Å². The Bertz CT molecular complexity index is 1350. The summed E-state index contributed by atoms with van der Waals surface area (Å²) in [5, 5.41) is 11.3. The van der Waals surface area contributed by atoms with Crippen LogP contribution in [0.2, 0.25) is 0 Å². The van der Waals surface area contributed by atoms with Gasteiger partial charge in [-0.15, -0.1) is 11.3 Å². The zero-order valence-corrected chi connectivity index (χ0v) is 16.8. The molecule has 5 aromatic heterocycles. The smallest absolute Gasteiger partial charge is 0.339 e. The monoisotopic (exact) mass is 421 g/mol. The van der Waals surface area contributed by atoms with Crippen LogP contribution in [-0.4, -0.2) is 30.9 Å². The molecule has 0 spiro atoms. The number of pyridine rings is 1. The number of carbonyl (C=O) groups excluding carboxylic acids is 1. The van der Waals surface area contributed by atoms with Crippen LogP contribution in [0, 0.1) is 6.92 Å². The molecule has 0 N–H and O–H groups in total. The van der Waals surface area contributed by atoms with Gasteiger partial charge in [0, 0.05) is 24.2 Å². The molecule has 0 amide bonds. The fraction of sp³-hybridized carbons (Fsp3) is 0.150. The topological polar surface area (TPSA) is 109 Å². The normalized spacial score (nSPS) is 11.3. The number of hydrogen-bond donors (Lipinski definition) is 0. The lowest BCUT2D eigenvalue weighted by Gasteiger charge is -2.06. The maximum atomic E-state index is 12.9. The third kappa shape index (κ3) is 3.26. The van der Waals surface area contributed by atoms with Gasteiger partial charge in [-0.3, -0.25) is 4.68 Å². The number of ether oxygens (including phenoxy) is 1. The third-order valence-electron chi connectivity index (χ3n) is 4.47. The molecule has 0 radical (unpaired) electrons. The minimum atomic E-state index is -0.516. The van der Waals surface area contributed by atoms with Crippen molar-refractivity contribution in [1.82, 2.24) is 24.9 Å². The minimum Gasteiger partial charge on any atom is -0.463 e. The molecule has 0 aliphatic rings. The van der Waals surface area contributed by atoms with Crippen molar-refractivity contribution in [3.05, 3.63) is 59.2 Å². The summed E-state index contributed by atoms with van der Waals surface area (Å²) in [5.41, 5.74) is 3.16. The highest BCUT2D eigenvalue weighted by Crippen LogP contribution is 2.28. The SMILES string of the molecule is Cc1noc2nc(-c3ccco3)cc(C(=O)OCc3csc(-c4cnn(C)c4)n3)c12. The van der Waals surface area contributed by atoms with E-state index in [1.54, 1.807) is 36.0 Å². The number of hydrogen-bond acceptors (Lipinski definition) is 9. The summed E-state index contributed by atoms with van der Waals surface area (Å²) in [6, 6.07) is 5.12. The molecule has 150 valence electrons. The van der Waals surface area contributed by atoms with E-state index in [2.05, 4.69) is 20.2 Å². The number of fused-ring (bicyclic) bond motifs is 1. The summed E-state index contributed by atoms with van der Waals surface area (Å²) < 4.78 is 17.9. The Labute approximate surface area is 173 Å². The van der Waals surface area contributed by atoms with E-state index in [-0.39, 0.29) is 12.3 Å². The Kier molecular flexibility index (Phi) is 4.40. The van der Waals surface area contributed by atoms with Crippen molar-refractivity contribution in [2.75, 3.05) is 0 Å². The second-order valence-corrected chi connectivity index (χ2v) is 7.46. The Hall–Kier alpha value is -3.79. The Balaban J connectivity index is 1.41. The molecular formula is C20H15N5O4S. The number of nitrogens with zero attached hydrogens (tertiary/aromatic N) is 5. The van der Waals surface area contributed by atoms with Crippen LogP contribution in [0.5, 0.6) is 0 Å². The number of thiazole rings is 1. The van der Waals surface area contributed by atoms with E-state index in [1.165, 1.54) is 17.6 Å². The van der Waals surface area contributed by atoms with E-state index in [1.807, 2.05) is 18.6 Å². The summed E-state index contributed by atoms with van der Waals surface area (Å²) in [7, 11) is 1.85. The molecule has 0 atom stereocenters. The van der Waals surface area contributed by atoms with Crippen molar-refractivity contribution in [3.63, 3.8) is 0 Å². The highest BCUT2D eigenvalue weighted by atomic mass is 32.1. The molecule has 0 saturated carbocycles. The van der Waals surface area contributed by atoms with Gasteiger partial charge in [0.2, 0.25) is 0 Å². The van der Waals surface area contributed by atoms with Crippen molar-refractivity contribution >= 4 is 28.4 Å². The first kappa shape index (κ1) is 18.3. The molecule has 10 heteroatoms. The fourth-order valence-corrected chi connectivity index (χ4v) is 3.84. The van der Waals surface area contributed by atoms with Gasteiger partial charge in [-0.1, -0.05) is 5.16 Å². The average molecular weight is 421 g/mol. The van der Waals surface area contributed by atoms with Crippen molar-refractivity contribution < 1.29 is 18.5 Å². The molecule has 30 heavy (non-hydrogen) atoms. The number of carbonyl (C=O) groups is 1. The minimum absolute atomic E-state index is 0.0415.